The highest BCUT2D eigenvalue weighted by Gasteiger charge is 2.56. The second-order valence-corrected chi connectivity index (χ2v) is 6.03. The van der Waals surface area contributed by atoms with E-state index in [0.717, 1.165) is 19.3 Å². The smallest absolute Gasteiger partial charge is 0.191 e. The number of halogens is 2. The topological polar surface area (TPSA) is 21.3 Å². The van der Waals surface area contributed by atoms with Crippen LogP contribution in [0.25, 0.3) is 0 Å². The van der Waals surface area contributed by atoms with Crippen molar-refractivity contribution in [1.82, 2.24) is 5.32 Å². The molecule has 0 saturated heterocycles. The summed E-state index contributed by atoms with van der Waals surface area (Å²) < 4.78 is 33.2. The zero-order valence-corrected chi connectivity index (χ0v) is 11.8. The molecule has 0 heterocycles. The quantitative estimate of drug-likeness (QED) is 0.913. The number of hydrogen-bond acceptors (Lipinski definition) is 2. The van der Waals surface area contributed by atoms with E-state index in [-0.39, 0.29) is 17.3 Å². The molecule has 1 aromatic rings. The SMILES string of the molecule is CNC1CC(Oc2c(F)cccc2F)C12CCCCC2. The maximum Gasteiger partial charge on any atom is 0.191 e. The molecule has 0 bridgehead atoms. The molecule has 2 fully saturated rings. The van der Waals surface area contributed by atoms with E-state index < -0.39 is 11.6 Å². The Bertz CT molecular complexity index is 465. The Morgan fingerprint density at radius 1 is 1.15 bits per heavy atom. The monoisotopic (exact) mass is 281 g/mol. The third kappa shape index (κ3) is 2.10. The molecule has 0 aromatic heterocycles. The van der Waals surface area contributed by atoms with E-state index in [1.54, 1.807) is 0 Å². The highest BCUT2D eigenvalue weighted by atomic mass is 19.1. The van der Waals surface area contributed by atoms with Gasteiger partial charge in [-0.15, -0.1) is 0 Å². The van der Waals surface area contributed by atoms with Gasteiger partial charge in [0, 0.05) is 17.9 Å². The Morgan fingerprint density at radius 3 is 2.40 bits per heavy atom. The summed E-state index contributed by atoms with van der Waals surface area (Å²) in [6, 6.07) is 4.27. The summed E-state index contributed by atoms with van der Waals surface area (Å²) in [6.07, 6.45) is 6.52. The molecule has 2 aliphatic rings. The van der Waals surface area contributed by atoms with Gasteiger partial charge in [-0.2, -0.15) is 0 Å². The van der Waals surface area contributed by atoms with E-state index in [0.29, 0.717) is 6.04 Å². The molecule has 2 atom stereocenters. The molecule has 20 heavy (non-hydrogen) atoms. The molecule has 1 N–H and O–H groups in total. The second-order valence-electron chi connectivity index (χ2n) is 6.03. The molecule has 2 aliphatic carbocycles. The van der Waals surface area contributed by atoms with Gasteiger partial charge in [-0.05, 0) is 32.0 Å². The first-order chi connectivity index (χ1) is 9.67. The Hall–Kier alpha value is -1.16. The van der Waals surface area contributed by atoms with Crippen molar-refractivity contribution in [2.45, 2.75) is 50.7 Å². The highest BCUT2D eigenvalue weighted by Crippen LogP contribution is 2.53. The minimum Gasteiger partial charge on any atom is -0.484 e. The van der Waals surface area contributed by atoms with Gasteiger partial charge in [0.1, 0.15) is 6.10 Å². The zero-order valence-electron chi connectivity index (χ0n) is 11.8. The van der Waals surface area contributed by atoms with Crippen LogP contribution in [0, 0.1) is 17.0 Å². The van der Waals surface area contributed by atoms with E-state index in [1.807, 2.05) is 7.05 Å². The minimum absolute atomic E-state index is 0.0573. The molecule has 4 heteroatoms. The fraction of sp³-hybridized carbons (Fsp3) is 0.625. The van der Waals surface area contributed by atoms with E-state index >= 15 is 0 Å². The van der Waals surface area contributed by atoms with Crippen LogP contribution in [0.15, 0.2) is 18.2 Å². The lowest BCUT2D eigenvalue weighted by Gasteiger charge is -2.57. The van der Waals surface area contributed by atoms with Crippen LogP contribution in [0.1, 0.15) is 38.5 Å². The summed E-state index contributed by atoms with van der Waals surface area (Å²) in [7, 11) is 1.96. The third-order valence-corrected chi connectivity index (χ3v) is 5.10. The summed E-state index contributed by atoms with van der Waals surface area (Å²) in [4.78, 5) is 0. The number of ether oxygens (including phenoxy) is 1. The summed E-state index contributed by atoms with van der Waals surface area (Å²) in [6.45, 7) is 0. The molecule has 2 saturated carbocycles. The summed E-state index contributed by atoms with van der Waals surface area (Å²) in [5.41, 5.74) is 0.0573. The Labute approximate surface area is 118 Å². The van der Waals surface area contributed by atoms with Gasteiger partial charge in [0.05, 0.1) is 0 Å². The Morgan fingerprint density at radius 2 is 1.80 bits per heavy atom. The first-order valence-electron chi connectivity index (χ1n) is 7.45. The molecule has 0 amide bonds. The van der Waals surface area contributed by atoms with Crippen molar-refractivity contribution in [1.29, 1.82) is 0 Å². The zero-order chi connectivity index (χ0) is 14.2. The lowest BCUT2D eigenvalue weighted by Crippen LogP contribution is -2.65. The largest absolute Gasteiger partial charge is 0.484 e. The van der Waals surface area contributed by atoms with E-state index in [1.165, 1.54) is 37.5 Å². The fourth-order valence-electron chi connectivity index (χ4n) is 3.94. The molecular formula is C16H21F2NO. The second kappa shape index (κ2) is 5.32. The number of rotatable bonds is 3. The van der Waals surface area contributed by atoms with Crippen LogP contribution in [-0.2, 0) is 0 Å². The van der Waals surface area contributed by atoms with Crippen LogP contribution in [-0.4, -0.2) is 19.2 Å². The lowest BCUT2D eigenvalue weighted by atomic mass is 9.55. The minimum atomic E-state index is -0.608. The van der Waals surface area contributed by atoms with E-state index in [9.17, 15) is 8.78 Å². The maximum atomic E-state index is 13.7. The number of hydrogen-bond donors (Lipinski definition) is 1. The Balaban J connectivity index is 1.80. The third-order valence-electron chi connectivity index (χ3n) is 5.10. The molecule has 0 radical (unpaired) electrons. The van der Waals surface area contributed by atoms with Gasteiger partial charge in [-0.25, -0.2) is 8.78 Å². The molecule has 0 aliphatic heterocycles. The predicted molar refractivity (Wildman–Crippen MR) is 73.8 cm³/mol. The molecule has 1 spiro atoms. The van der Waals surface area contributed by atoms with Crippen molar-refractivity contribution in [3.63, 3.8) is 0 Å². The van der Waals surface area contributed by atoms with Gasteiger partial charge in [0.25, 0.3) is 0 Å². The van der Waals surface area contributed by atoms with Crippen molar-refractivity contribution in [3.05, 3.63) is 29.8 Å². The van der Waals surface area contributed by atoms with Gasteiger partial charge >= 0.3 is 0 Å². The molecule has 3 rings (SSSR count). The van der Waals surface area contributed by atoms with Crippen molar-refractivity contribution >= 4 is 0 Å². The average molecular weight is 281 g/mol. The predicted octanol–water partition coefficient (Wildman–Crippen LogP) is 3.65. The molecule has 1 aromatic carbocycles. The fourth-order valence-corrected chi connectivity index (χ4v) is 3.94. The number of para-hydroxylation sites is 1. The molecule has 110 valence electrons. The van der Waals surface area contributed by atoms with Gasteiger partial charge < -0.3 is 10.1 Å². The van der Waals surface area contributed by atoms with Crippen LogP contribution >= 0.6 is 0 Å². The van der Waals surface area contributed by atoms with Crippen LogP contribution in [0.2, 0.25) is 0 Å². The van der Waals surface area contributed by atoms with Crippen LogP contribution in [0.3, 0.4) is 0 Å². The van der Waals surface area contributed by atoms with Crippen LogP contribution in [0.4, 0.5) is 8.78 Å². The van der Waals surface area contributed by atoms with Crippen molar-refractivity contribution in [2.75, 3.05) is 7.05 Å². The first kappa shape index (κ1) is 13.8. The van der Waals surface area contributed by atoms with Gasteiger partial charge in [-0.1, -0.05) is 25.3 Å². The van der Waals surface area contributed by atoms with E-state index in [2.05, 4.69) is 5.32 Å². The average Bonchev–Trinajstić information content (AvgIpc) is 2.46. The van der Waals surface area contributed by atoms with Crippen molar-refractivity contribution in [2.24, 2.45) is 5.41 Å². The normalized spacial score (nSPS) is 28.1. The van der Waals surface area contributed by atoms with Gasteiger partial charge in [0.15, 0.2) is 17.4 Å². The maximum absolute atomic E-state index is 13.7. The summed E-state index contributed by atoms with van der Waals surface area (Å²) >= 11 is 0. The number of benzene rings is 1. The van der Waals surface area contributed by atoms with Crippen LogP contribution < -0.4 is 10.1 Å². The summed E-state index contributed by atoms with van der Waals surface area (Å²) in [5.74, 6) is -1.43. The van der Waals surface area contributed by atoms with Gasteiger partial charge in [-0.3, -0.25) is 0 Å². The highest BCUT2D eigenvalue weighted by molar-refractivity contribution is 5.27. The number of nitrogens with one attached hydrogen (secondary N) is 1. The van der Waals surface area contributed by atoms with Crippen molar-refractivity contribution in [3.8, 4) is 5.75 Å². The molecular weight excluding hydrogens is 260 g/mol. The molecule has 2 unspecified atom stereocenters. The van der Waals surface area contributed by atoms with Crippen molar-refractivity contribution < 1.29 is 13.5 Å². The first-order valence-corrected chi connectivity index (χ1v) is 7.45. The standard InChI is InChI=1S/C16H21F2NO/c1-19-13-10-14(16(13)8-3-2-4-9-16)20-15-11(17)6-5-7-12(15)18/h5-7,13-14,19H,2-4,8-10H2,1H3. The Kier molecular flexibility index (Phi) is 3.67. The van der Waals surface area contributed by atoms with Crippen LogP contribution in [0.5, 0.6) is 5.75 Å². The molecule has 2 nitrogen and oxygen atoms in total. The van der Waals surface area contributed by atoms with Gasteiger partial charge in [0.2, 0.25) is 0 Å². The summed E-state index contributed by atoms with van der Waals surface area (Å²) in [5, 5.41) is 3.34. The lowest BCUT2D eigenvalue weighted by molar-refractivity contribution is -0.103. The van der Waals surface area contributed by atoms with E-state index in [4.69, 9.17) is 4.74 Å².